The summed E-state index contributed by atoms with van der Waals surface area (Å²) in [5.74, 6) is 6.28. The predicted molar refractivity (Wildman–Crippen MR) is 90.1 cm³/mol. The topological polar surface area (TPSA) is 50.4 Å². The molecule has 3 aromatic rings. The molecule has 0 aliphatic rings. The maximum Gasteiger partial charge on any atom is 0.126 e. The van der Waals surface area contributed by atoms with Gasteiger partial charge in [-0.1, -0.05) is 47.5 Å². The van der Waals surface area contributed by atoms with Crippen LogP contribution in [0.1, 0.15) is 22.5 Å². The molecule has 3 rings (SSSR count). The Hall–Kier alpha value is -3.32. The second kappa shape index (κ2) is 6.63. The maximum absolute atomic E-state index is 8.92. The van der Waals surface area contributed by atoms with Crippen LogP contribution in [0.5, 0.6) is 0 Å². The van der Waals surface area contributed by atoms with E-state index >= 15 is 0 Å². The van der Waals surface area contributed by atoms with Crippen LogP contribution in [-0.2, 0) is 0 Å². The van der Waals surface area contributed by atoms with Crippen LogP contribution in [0.4, 0.5) is 0 Å². The van der Waals surface area contributed by atoms with Gasteiger partial charge in [0.1, 0.15) is 5.69 Å². The molecule has 4 heteroatoms. The van der Waals surface area contributed by atoms with Crippen molar-refractivity contribution in [2.75, 3.05) is 0 Å². The molecule has 0 atom stereocenters. The van der Waals surface area contributed by atoms with Crippen LogP contribution in [0.3, 0.4) is 0 Å². The minimum atomic E-state index is 0.690. The van der Waals surface area contributed by atoms with Crippen LogP contribution in [0.25, 0.3) is 5.69 Å². The molecule has 0 radical (unpaired) electrons. The van der Waals surface area contributed by atoms with Crippen molar-refractivity contribution in [1.29, 1.82) is 0 Å². The first kappa shape index (κ1) is 14.6. The third-order valence-corrected chi connectivity index (χ3v) is 3.39. The SMILES string of the molecule is Cc1nn(-c2ccccc2)c(C#Cc2ccccc2)c1/C=N/O. The van der Waals surface area contributed by atoms with E-state index in [0.717, 1.165) is 16.9 Å². The Bertz CT molecular complexity index is 885. The van der Waals surface area contributed by atoms with Crippen LogP contribution >= 0.6 is 0 Å². The molecule has 0 saturated heterocycles. The molecule has 0 saturated carbocycles. The molecule has 0 spiro atoms. The molecule has 2 aromatic carbocycles. The van der Waals surface area contributed by atoms with Gasteiger partial charge in [-0.05, 0) is 37.1 Å². The van der Waals surface area contributed by atoms with Crippen LogP contribution in [-0.4, -0.2) is 21.2 Å². The molecule has 1 aromatic heterocycles. The van der Waals surface area contributed by atoms with E-state index in [9.17, 15) is 0 Å². The van der Waals surface area contributed by atoms with E-state index in [-0.39, 0.29) is 0 Å². The Morgan fingerprint density at radius 3 is 2.30 bits per heavy atom. The zero-order chi connectivity index (χ0) is 16.1. The summed E-state index contributed by atoms with van der Waals surface area (Å²) in [4.78, 5) is 0. The minimum absolute atomic E-state index is 0.690. The average Bonchev–Trinajstić information content (AvgIpc) is 2.91. The van der Waals surface area contributed by atoms with Crippen molar-refractivity contribution in [1.82, 2.24) is 9.78 Å². The summed E-state index contributed by atoms with van der Waals surface area (Å²) in [5.41, 5.74) is 3.97. The fourth-order valence-corrected chi connectivity index (χ4v) is 2.28. The van der Waals surface area contributed by atoms with E-state index in [2.05, 4.69) is 22.1 Å². The number of hydrogen-bond acceptors (Lipinski definition) is 3. The zero-order valence-corrected chi connectivity index (χ0v) is 12.6. The van der Waals surface area contributed by atoms with Gasteiger partial charge in [-0.2, -0.15) is 5.10 Å². The Morgan fingerprint density at radius 2 is 1.65 bits per heavy atom. The standard InChI is InChI=1S/C19H15N3O/c1-15-18(14-20-23)19(13-12-16-8-4-2-5-9-16)22(21-15)17-10-6-3-7-11-17/h2-11,14,23H,1H3/b20-14+. The Balaban J connectivity index is 2.15. The molecule has 0 fully saturated rings. The molecule has 4 nitrogen and oxygen atoms in total. The lowest BCUT2D eigenvalue weighted by Gasteiger charge is -2.03. The molecule has 0 unspecified atom stereocenters. The fourth-order valence-electron chi connectivity index (χ4n) is 2.28. The van der Waals surface area contributed by atoms with Gasteiger partial charge in [-0.15, -0.1) is 0 Å². The van der Waals surface area contributed by atoms with E-state index in [4.69, 9.17) is 5.21 Å². The van der Waals surface area contributed by atoms with Crippen LogP contribution in [0, 0.1) is 18.8 Å². The van der Waals surface area contributed by atoms with Gasteiger partial charge in [0.15, 0.2) is 0 Å². The van der Waals surface area contributed by atoms with Crippen molar-refractivity contribution in [2.24, 2.45) is 5.16 Å². The first-order valence-corrected chi connectivity index (χ1v) is 7.19. The molecular weight excluding hydrogens is 286 g/mol. The van der Waals surface area contributed by atoms with Crippen molar-refractivity contribution in [3.05, 3.63) is 83.2 Å². The number of para-hydroxylation sites is 1. The van der Waals surface area contributed by atoms with Crippen molar-refractivity contribution in [3.8, 4) is 17.5 Å². The smallest absolute Gasteiger partial charge is 0.126 e. The van der Waals surface area contributed by atoms with Crippen molar-refractivity contribution >= 4 is 6.21 Å². The van der Waals surface area contributed by atoms with Gasteiger partial charge in [-0.3, -0.25) is 0 Å². The van der Waals surface area contributed by atoms with E-state index in [1.54, 1.807) is 4.68 Å². The van der Waals surface area contributed by atoms with Crippen molar-refractivity contribution in [2.45, 2.75) is 6.92 Å². The molecule has 23 heavy (non-hydrogen) atoms. The lowest BCUT2D eigenvalue weighted by atomic mass is 10.1. The predicted octanol–water partition coefficient (Wildman–Crippen LogP) is 3.39. The third-order valence-electron chi connectivity index (χ3n) is 3.39. The highest BCUT2D eigenvalue weighted by molar-refractivity contribution is 5.84. The van der Waals surface area contributed by atoms with E-state index in [0.29, 0.717) is 11.3 Å². The molecule has 1 N–H and O–H groups in total. The Kier molecular flexibility index (Phi) is 4.21. The largest absolute Gasteiger partial charge is 0.411 e. The van der Waals surface area contributed by atoms with Gasteiger partial charge in [-0.25, -0.2) is 4.68 Å². The average molecular weight is 301 g/mol. The molecule has 0 bridgehead atoms. The summed E-state index contributed by atoms with van der Waals surface area (Å²) in [6, 6.07) is 19.5. The normalized spacial score (nSPS) is 10.5. The first-order valence-electron chi connectivity index (χ1n) is 7.19. The lowest BCUT2D eigenvalue weighted by Crippen LogP contribution is -2.00. The maximum atomic E-state index is 8.92. The van der Waals surface area contributed by atoms with Gasteiger partial charge in [0.2, 0.25) is 0 Å². The quantitative estimate of drug-likeness (QED) is 0.341. The van der Waals surface area contributed by atoms with E-state index < -0.39 is 0 Å². The number of aromatic nitrogens is 2. The van der Waals surface area contributed by atoms with Gasteiger partial charge >= 0.3 is 0 Å². The summed E-state index contributed by atoms with van der Waals surface area (Å²) in [5, 5.41) is 16.6. The number of hydrogen-bond donors (Lipinski definition) is 1. The van der Waals surface area contributed by atoms with Crippen LogP contribution in [0.2, 0.25) is 0 Å². The second-order valence-electron chi connectivity index (χ2n) is 4.96. The number of oxime groups is 1. The highest BCUT2D eigenvalue weighted by Gasteiger charge is 2.13. The van der Waals surface area contributed by atoms with Gasteiger partial charge in [0.25, 0.3) is 0 Å². The summed E-state index contributed by atoms with van der Waals surface area (Å²) < 4.78 is 1.77. The summed E-state index contributed by atoms with van der Waals surface area (Å²) in [6.45, 7) is 1.87. The molecule has 112 valence electrons. The second-order valence-corrected chi connectivity index (χ2v) is 4.96. The Labute approximate surface area is 134 Å². The number of aryl methyl sites for hydroxylation is 1. The van der Waals surface area contributed by atoms with Crippen molar-refractivity contribution in [3.63, 3.8) is 0 Å². The zero-order valence-electron chi connectivity index (χ0n) is 12.6. The lowest BCUT2D eigenvalue weighted by molar-refractivity contribution is 0.322. The molecule has 0 aliphatic carbocycles. The molecule has 1 heterocycles. The van der Waals surface area contributed by atoms with E-state index in [1.165, 1.54) is 6.21 Å². The fraction of sp³-hybridized carbons (Fsp3) is 0.0526. The van der Waals surface area contributed by atoms with Crippen molar-refractivity contribution < 1.29 is 5.21 Å². The highest BCUT2D eigenvalue weighted by atomic mass is 16.4. The van der Waals surface area contributed by atoms with Crippen LogP contribution < -0.4 is 0 Å². The van der Waals surface area contributed by atoms with Gasteiger partial charge in [0, 0.05) is 5.56 Å². The minimum Gasteiger partial charge on any atom is -0.411 e. The Morgan fingerprint density at radius 1 is 1.00 bits per heavy atom. The summed E-state index contributed by atoms with van der Waals surface area (Å²) >= 11 is 0. The monoisotopic (exact) mass is 301 g/mol. The number of rotatable bonds is 2. The molecule has 0 amide bonds. The van der Waals surface area contributed by atoms with Gasteiger partial charge in [0.05, 0.1) is 23.2 Å². The van der Waals surface area contributed by atoms with Gasteiger partial charge < -0.3 is 5.21 Å². The first-order chi connectivity index (χ1) is 11.3. The molecular formula is C19H15N3O. The molecule has 0 aliphatic heterocycles. The summed E-state index contributed by atoms with van der Waals surface area (Å²) in [7, 11) is 0. The van der Waals surface area contributed by atoms with E-state index in [1.807, 2.05) is 67.6 Å². The summed E-state index contributed by atoms with van der Waals surface area (Å²) in [6.07, 6.45) is 1.37. The third kappa shape index (κ3) is 3.14. The highest BCUT2D eigenvalue weighted by Crippen LogP contribution is 2.16. The van der Waals surface area contributed by atoms with Crippen LogP contribution in [0.15, 0.2) is 65.8 Å². The number of nitrogens with zero attached hydrogens (tertiary/aromatic N) is 3. The number of benzene rings is 2.